The fourth-order valence-corrected chi connectivity index (χ4v) is 2.74. The van der Waals surface area contributed by atoms with Crippen LogP contribution in [0.4, 0.5) is 8.78 Å². The summed E-state index contributed by atoms with van der Waals surface area (Å²) < 4.78 is 28.4. The van der Waals surface area contributed by atoms with Crippen molar-refractivity contribution in [2.75, 3.05) is 6.54 Å². The van der Waals surface area contributed by atoms with E-state index >= 15 is 0 Å². The molecule has 1 saturated carbocycles. The molecule has 0 spiro atoms. The normalized spacial score (nSPS) is 27.8. The fourth-order valence-electron chi connectivity index (χ4n) is 2.74. The van der Waals surface area contributed by atoms with Crippen LogP contribution in [0.1, 0.15) is 19.4 Å². The second-order valence-corrected chi connectivity index (χ2v) is 5.13. The largest absolute Gasteiger partial charge is 0.330 e. The van der Waals surface area contributed by atoms with E-state index in [0.29, 0.717) is 6.54 Å². The molecular weight excluding hydrogens is 208 g/mol. The first kappa shape index (κ1) is 11.5. The Labute approximate surface area is 94.7 Å². The molecule has 2 rings (SSSR count). The van der Waals surface area contributed by atoms with Crippen molar-refractivity contribution in [3.8, 4) is 0 Å². The summed E-state index contributed by atoms with van der Waals surface area (Å²) in [5.41, 5.74) is 5.29. The lowest BCUT2D eigenvalue weighted by Crippen LogP contribution is -2.20. The molecular formula is C13H17F2N. The van der Waals surface area contributed by atoms with E-state index in [1.807, 2.05) is 13.8 Å². The Morgan fingerprint density at radius 2 is 1.81 bits per heavy atom. The molecule has 16 heavy (non-hydrogen) atoms. The standard InChI is InChI=1S/C13H17F2N/c1-12(2)10(8-16)11(12)13(14,15)9-6-4-3-5-7-9/h3-7,10-11H,8,16H2,1-2H3. The highest BCUT2D eigenvalue weighted by molar-refractivity contribution is 5.26. The molecule has 0 aliphatic heterocycles. The maximum Gasteiger partial charge on any atom is 0.276 e. The lowest BCUT2D eigenvalue weighted by Gasteiger charge is -2.18. The van der Waals surface area contributed by atoms with E-state index in [-0.39, 0.29) is 16.9 Å². The van der Waals surface area contributed by atoms with E-state index in [1.54, 1.807) is 18.2 Å². The van der Waals surface area contributed by atoms with Gasteiger partial charge in [-0.25, -0.2) is 8.78 Å². The minimum absolute atomic E-state index is 0.0808. The van der Waals surface area contributed by atoms with Crippen molar-refractivity contribution in [2.45, 2.75) is 19.8 Å². The van der Waals surface area contributed by atoms with Gasteiger partial charge in [0.15, 0.2) is 0 Å². The number of hydrogen-bond donors (Lipinski definition) is 1. The van der Waals surface area contributed by atoms with Gasteiger partial charge >= 0.3 is 0 Å². The topological polar surface area (TPSA) is 26.0 Å². The summed E-state index contributed by atoms with van der Waals surface area (Å²) >= 11 is 0. The number of rotatable bonds is 3. The summed E-state index contributed by atoms with van der Waals surface area (Å²) in [5.74, 6) is -3.48. The van der Waals surface area contributed by atoms with Crippen LogP contribution in [-0.2, 0) is 5.92 Å². The quantitative estimate of drug-likeness (QED) is 0.840. The Balaban J connectivity index is 2.28. The predicted molar refractivity (Wildman–Crippen MR) is 60.2 cm³/mol. The minimum Gasteiger partial charge on any atom is -0.330 e. The summed E-state index contributed by atoms with van der Waals surface area (Å²) in [6.07, 6.45) is 0. The zero-order chi connectivity index (χ0) is 12.0. The molecule has 0 saturated heterocycles. The van der Waals surface area contributed by atoms with Gasteiger partial charge in [0.1, 0.15) is 0 Å². The molecule has 0 bridgehead atoms. The highest BCUT2D eigenvalue weighted by Gasteiger charge is 2.68. The molecule has 0 amide bonds. The molecule has 2 unspecified atom stereocenters. The third-order valence-electron chi connectivity index (χ3n) is 3.85. The van der Waals surface area contributed by atoms with E-state index < -0.39 is 11.8 Å². The van der Waals surface area contributed by atoms with Crippen molar-refractivity contribution in [3.63, 3.8) is 0 Å². The Bertz CT molecular complexity index is 373. The van der Waals surface area contributed by atoms with Gasteiger partial charge in [0.25, 0.3) is 5.92 Å². The first-order chi connectivity index (χ1) is 7.42. The van der Waals surface area contributed by atoms with Crippen LogP contribution in [0.3, 0.4) is 0 Å². The van der Waals surface area contributed by atoms with Gasteiger partial charge in [-0.1, -0.05) is 44.2 Å². The zero-order valence-corrected chi connectivity index (χ0v) is 9.58. The van der Waals surface area contributed by atoms with Crippen LogP contribution in [0.25, 0.3) is 0 Å². The predicted octanol–water partition coefficient (Wildman–Crippen LogP) is 3.01. The molecule has 1 aromatic rings. The fraction of sp³-hybridized carbons (Fsp3) is 0.538. The van der Waals surface area contributed by atoms with E-state index in [9.17, 15) is 8.78 Å². The molecule has 1 aromatic carbocycles. The van der Waals surface area contributed by atoms with Crippen molar-refractivity contribution >= 4 is 0 Å². The van der Waals surface area contributed by atoms with Gasteiger partial charge in [-0.2, -0.15) is 0 Å². The average Bonchev–Trinajstić information content (AvgIpc) is 2.82. The van der Waals surface area contributed by atoms with Crippen molar-refractivity contribution in [2.24, 2.45) is 23.0 Å². The Kier molecular flexibility index (Phi) is 2.54. The summed E-state index contributed by atoms with van der Waals surface area (Å²) in [6, 6.07) is 8.02. The number of hydrogen-bond acceptors (Lipinski definition) is 1. The van der Waals surface area contributed by atoms with Gasteiger partial charge in [0.2, 0.25) is 0 Å². The SMILES string of the molecule is CC1(C)C(CN)C1C(F)(F)c1ccccc1. The van der Waals surface area contributed by atoms with Crippen molar-refractivity contribution < 1.29 is 8.78 Å². The van der Waals surface area contributed by atoms with Gasteiger partial charge in [-0.3, -0.25) is 0 Å². The van der Waals surface area contributed by atoms with E-state index in [4.69, 9.17) is 5.73 Å². The molecule has 0 radical (unpaired) electrons. The Morgan fingerprint density at radius 3 is 2.25 bits per heavy atom. The number of nitrogens with two attached hydrogens (primary N) is 1. The molecule has 1 nitrogen and oxygen atoms in total. The second-order valence-electron chi connectivity index (χ2n) is 5.13. The van der Waals surface area contributed by atoms with Crippen LogP contribution in [0, 0.1) is 17.3 Å². The van der Waals surface area contributed by atoms with Gasteiger partial charge in [-0.15, -0.1) is 0 Å². The first-order valence-corrected chi connectivity index (χ1v) is 5.55. The number of benzene rings is 1. The zero-order valence-electron chi connectivity index (χ0n) is 9.58. The lowest BCUT2D eigenvalue weighted by atomic mass is 9.99. The lowest BCUT2D eigenvalue weighted by molar-refractivity contribution is -0.0424. The van der Waals surface area contributed by atoms with Gasteiger partial charge < -0.3 is 5.73 Å². The van der Waals surface area contributed by atoms with Crippen LogP contribution >= 0.6 is 0 Å². The second kappa shape index (κ2) is 3.52. The van der Waals surface area contributed by atoms with E-state index in [1.165, 1.54) is 12.1 Å². The Morgan fingerprint density at radius 1 is 1.25 bits per heavy atom. The highest BCUT2D eigenvalue weighted by atomic mass is 19.3. The van der Waals surface area contributed by atoms with Crippen LogP contribution in [0.5, 0.6) is 0 Å². The summed E-state index contributed by atoms with van der Waals surface area (Å²) in [5, 5.41) is 0. The van der Waals surface area contributed by atoms with Gasteiger partial charge in [0.05, 0.1) is 0 Å². The monoisotopic (exact) mass is 225 g/mol. The van der Waals surface area contributed by atoms with Crippen molar-refractivity contribution in [1.82, 2.24) is 0 Å². The van der Waals surface area contributed by atoms with Crippen molar-refractivity contribution in [1.29, 1.82) is 0 Å². The minimum atomic E-state index is -2.77. The molecule has 1 aliphatic rings. The van der Waals surface area contributed by atoms with E-state index in [0.717, 1.165) is 0 Å². The average molecular weight is 225 g/mol. The van der Waals surface area contributed by atoms with Crippen LogP contribution in [0.2, 0.25) is 0 Å². The molecule has 1 aliphatic carbocycles. The molecule has 2 N–H and O–H groups in total. The van der Waals surface area contributed by atoms with Crippen LogP contribution in [-0.4, -0.2) is 6.54 Å². The molecule has 0 aromatic heterocycles. The third kappa shape index (κ3) is 1.54. The smallest absolute Gasteiger partial charge is 0.276 e. The van der Waals surface area contributed by atoms with Gasteiger partial charge in [0, 0.05) is 11.5 Å². The Hall–Kier alpha value is -0.960. The molecule has 1 fully saturated rings. The molecule has 0 heterocycles. The maximum atomic E-state index is 14.2. The van der Waals surface area contributed by atoms with Crippen molar-refractivity contribution in [3.05, 3.63) is 35.9 Å². The molecule has 88 valence electrons. The third-order valence-corrected chi connectivity index (χ3v) is 3.85. The maximum absolute atomic E-state index is 14.2. The number of alkyl halides is 2. The van der Waals surface area contributed by atoms with Crippen LogP contribution < -0.4 is 5.73 Å². The molecule has 3 heteroatoms. The number of halogens is 2. The van der Waals surface area contributed by atoms with E-state index in [2.05, 4.69) is 0 Å². The van der Waals surface area contributed by atoms with Crippen LogP contribution in [0.15, 0.2) is 30.3 Å². The highest BCUT2D eigenvalue weighted by Crippen LogP contribution is 2.66. The first-order valence-electron chi connectivity index (χ1n) is 5.55. The molecule has 2 atom stereocenters. The summed E-state index contributed by atoms with van der Waals surface area (Å²) in [7, 11) is 0. The summed E-state index contributed by atoms with van der Waals surface area (Å²) in [4.78, 5) is 0. The summed E-state index contributed by atoms with van der Waals surface area (Å²) in [6.45, 7) is 4.07. The van der Waals surface area contributed by atoms with Gasteiger partial charge in [-0.05, 0) is 17.9 Å².